The van der Waals surface area contributed by atoms with Crippen LogP contribution in [0.1, 0.15) is 31.9 Å². The summed E-state index contributed by atoms with van der Waals surface area (Å²) in [4.78, 5) is 1.08. The number of benzene rings is 2. The molecular formula is C17H22N2S. The van der Waals surface area contributed by atoms with Crippen LogP contribution in [0.4, 0.5) is 5.69 Å². The van der Waals surface area contributed by atoms with Gasteiger partial charge in [0.25, 0.3) is 0 Å². The van der Waals surface area contributed by atoms with E-state index in [4.69, 9.17) is 11.1 Å². The molecule has 2 aromatic carbocycles. The van der Waals surface area contributed by atoms with Crippen molar-refractivity contribution in [3.63, 3.8) is 0 Å². The summed E-state index contributed by atoms with van der Waals surface area (Å²) in [5, 5.41) is 7.81. The van der Waals surface area contributed by atoms with Crippen LogP contribution >= 0.6 is 11.8 Å². The van der Waals surface area contributed by atoms with E-state index < -0.39 is 0 Å². The fourth-order valence-corrected chi connectivity index (χ4v) is 2.91. The Bertz CT molecular complexity index is 550. The quantitative estimate of drug-likeness (QED) is 0.473. The van der Waals surface area contributed by atoms with Crippen molar-refractivity contribution in [3.8, 4) is 0 Å². The summed E-state index contributed by atoms with van der Waals surface area (Å²) >= 11 is 1.72. The van der Waals surface area contributed by atoms with E-state index in [1.54, 1.807) is 18.7 Å². The van der Waals surface area contributed by atoms with Crippen molar-refractivity contribution in [1.29, 1.82) is 5.41 Å². The Morgan fingerprint density at radius 2 is 1.70 bits per heavy atom. The normalized spacial score (nSPS) is 9.55. The van der Waals surface area contributed by atoms with E-state index in [2.05, 4.69) is 12.1 Å². The molecule has 0 heterocycles. The minimum Gasteiger partial charge on any atom is -0.398 e. The van der Waals surface area contributed by atoms with E-state index in [0.717, 1.165) is 16.2 Å². The molecule has 3 N–H and O–H groups in total. The van der Waals surface area contributed by atoms with Crippen LogP contribution in [0, 0.1) is 5.41 Å². The van der Waals surface area contributed by atoms with Gasteiger partial charge in [0.1, 0.15) is 0 Å². The molecule has 2 nitrogen and oxygen atoms in total. The standard InChI is InChI=1S/C15H16N2S.C2H6/c1-11(16)15-13(17)8-5-9-14(15)18-10-12-6-3-2-4-7-12;1-2/h2-9,16H,10,17H2,1H3;1-2H3. The highest BCUT2D eigenvalue weighted by Gasteiger charge is 2.08. The second kappa shape index (κ2) is 8.43. The molecule has 0 aliphatic rings. The maximum atomic E-state index is 7.81. The lowest BCUT2D eigenvalue weighted by Gasteiger charge is -2.10. The summed E-state index contributed by atoms with van der Waals surface area (Å²) < 4.78 is 0. The van der Waals surface area contributed by atoms with Gasteiger partial charge in [-0.1, -0.05) is 50.2 Å². The summed E-state index contributed by atoms with van der Waals surface area (Å²) in [5.41, 5.74) is 9.27. The van der Waals surface area contributed by atoms with Gasteiger partial charge in [0.05, 0.1) is 0 Å². The maximum absolute atomic E-state index is 7.81. The second-order valence-corrected chi connectivity index (χ2v) is 5.14. The Morgan fingerprint density at radius 1 is 1.05 bits per heavy atom. The molecule has 0 bridgehead atoms. The Balaban J connectivity index is 0.000000956. The first-order chi connectivity index (χ1) is 9.68. The van der Waals surface area contributed by atoms with Gasteiger partial charge in [-0.3, -0.25) is 0 Å². The third kappa shape index (κ3) is 4.42. The monoisotopic (exact) mass is 286 g/mol. The number of anilines is 1. The minimum atomic E-state index is 0.517. The molecule has 0 aliphatic heterocycles. The Hall–Kier alpha value is -1.74. The highest BCUT2D eigenvalue weighted by molar-refractivity contribution is 7.98. The van der Waals surface area contributed by atoms with E-state index in [-0.39, 0.29) is 0 Å². The summed E-state index contributed by atoms with van der Waals surface area (Å²) in [7, 11) is 0. The van der Waals surface area contributed by atoms with Gasteiger partial charge in [-0.15, -0.1) is 11.8 Å². The summed E-state index contributed by atoms with van der Waals surface area (Å²) in [6.07, 6.45) is 0. The Morgan fingerprint density at radius 3 is 2.30 bits per heavy atom. The SMILES string of the molecule is CC.CC(=N)c1c(N)cccc1SCc1ccccc1. The van der Waals surface area contributed by atoms with Crippen molar-refractivity contribution in [2.75, 3.05) is 5.73 Å². The molecule has 0 fully saturated rings. The molecule has 2 aromatic rings. The van der Waals surface area contributed by atoms with Crippen LogP contribution in [0.5, 0.6) is 0 Å². The molecule has 0 radical (unpaired) electrons. The van der Waals surface area contributed by atoms with E-state index in [9.17, 15) is 0 Å². The first-order valence-electron chi connectivity index (χ1n) is 6.79. The van der Waals surface area contributed by atoms with Gasteiger partial charge >= 0.3 is 0 Å². The highest BCUT2D eigenvalue weighted by Crippen LogP contribution is 2.29. The largest absolute Gasteiger partial charge is 0.398 e. The molecule has 0 aliphatic carbocycles. The summed E-state index contributed by atoms with van der Waals surface area (Å²) in [6.45, 7) is 5.78. The zero-order chi connectivity index (χ0) is 15.0. The third-order valence-electron chi connectivity index (χ3n) is 2.67. The molecule has 0 saturated carbocycles. The van der Waals surface area contributed by atoms with Crippen molar-refractivity contribution in [2.24, 2.45) is 0 Å². The molecular weight excluding hydrogens is 264 g/mol. The van der Waals surface area contributed by atoms with Gasteiger partial charge in [-0.25, -0.2) is 0 Å². The molecule has 20 heavy (non-hydrogen) atoms. The lowest BCUT2D eigenvalue weighted by molar-refractivity contribution is 1.34. The number of nitrogens with one attached hydrogen (secondary N) is 1. The second-order valence-electron chi connectivity index (χ2n) is 4.12. The van der Waals surface area contributed by atoms with Gasteiger partial charge in [-0.05, 0) is 24.6 Å². The lowest BCUT2D eigenvalue weighted by Crippen LogP contribution is -2.01. The van der Waals surface area contributed by atoms with Crippen molar-refractivity contribution < 1.29 is 0 Å². The summed E-state index contributed by atoms with van der Waals surface area (Å²) in [6, 6.07) is 16.1. The zero-order valence-electron chi connectivity index (χ0n) is 12.3. The fourth-order valence-electron chi connectivity index (χ4n) is 1.81. The average molecular weight is 286 g/mol. The minimum absolute atomic E-state index is 0.517. The van der Waals surface area contributed by atoms with E-state index in [1.807, 2.05) is 50.2 Å². The van der Waals surface area contributed by atoms with Crippen LogP contribution in [0.3, 0.4) is 0 Å². The number of hydrogen-bond acceptors (Lipinski definition) is 3. The van der Waals surface area contributed by atoms with Crippen molar-refractivity contribution in [2.45, 2.75) is 31.4 Å². The number of nitrogen functional groups attached to an aromatic ring is 1. The zero-order valence-corrected chi connectivity index (χ0v) is 13.1. The average Bonchev–Trinajstić information content (AvgIpc) is 2.48. The maximum Gasteiger partial charge on any atom is 0.0417 e. The molecule has 0 unspecified atom stereocenters. The highest BCUT2D eigenvalue weighted by atomic mass is 32.2. The van der Waals surface area contributed by atoms with Gasteiger partial charge in [0.15, 0.2) is 0 Å². The first kappa shape index (κ1) is 16.3. The smallest absolute Gasteiger partial charge is 0.0417 e. The van der Waals surface area contributed by atoms with E-state index >= 15 is 0 Å². The predicted octanol–water partition coefficient (Wildman–Crippen LogP) is 4.98. The van der Waals surface area contributed by atoms with Crippen LogP contribution in [-0.4, -0.2) is 5.71 Å². The van der Waals surface area contributed by atoms with E-state index in [1.165, 1.54) is 5.56 Å². The number of hydrogen-bond donors (Lipinski definition) is 2. The molecule has 106 valence electrons. The molecule has 0 atom stereocenters. The molecule has 2 rings (SSSR count). The van der Waals surface area contributed by atoms with Crippen LogP contribution in [0.15, 0.2) is 53.4 Å². The van der Waals surface area contributed by atoms with Crippen molar-refractivity contribution in [3.05, 3.63) is 59.7 Å². The van der Waals surface area contributed by atoms with Crippen LogP contribution in [0.25, 0.3) is 0 Å². The summed E-state index contributed by atoms with van der Waals surface area (Å²) in [5.74, 6) is 0.893. The molecule has 0 amide bonds. The molecule has 3 heteroatoms. The van der Waals surface area contributed by atoms with E-state index in [0.29, 0.717) is 11.4 Å². The topological polar surface area (TPSA) is 49.9 Å². The van der Waals surface area contributed by atoms with Gasteiger partial charge in [-0.2, -0.15) is 0 Å². The fraction of sp³-hybridized carbons (Fsp3) is 0.235. The molecule has 0 spiro atoms. The lowest BCUT2D eigenvalue weighted by atomic mass is 10.1. The number of thioether (sulfide) groups is 1. The molecule has 0 aromatic heterocycles. The van der Waals surface area contributed by atoms with Crippen LogP contribution in [-0.2, 0) is 5.75 Å². The number of nitrogens with two attached hydrogens (primary N) is 1. The Kier molecular flexibility index (Phi) is 6.88. The first-order valence-corrected chi connectivity index (χ1v) is 7.78. The van der Waals surface area contributed by atoms with Gasteiger partial charge < -0.3 is 11.1 Å². The third-order valence-corrected chi connectivity index (χ3v) is 3.80. The van der Waals surface area contributed by atoms with Gasteiger partial charge in [0.2, 0.25) is 0 Å². The van der Waals surface area contributed by atoms with Crippen molar-refractivity contribution >= 4 is 23.2 Å². The number of rotatable bonds is 4. The Labute approximate surface area is 125 Å². The van der Waals surface area contributed by atoms with Crippen LogP contribution < -0.4 is 5.73 Å². The predicted molar refractivity (Wildman–Crippen MR) is 90.7 cm³/mol. The van der Waals surface area contributed by atoms with Crippen molar-refractivity contribution in [1.82, 2.24) is 0 Å². The molecule has 0 saturated heterocycles. The van der Waals surface area contributed by atoms with Crippen LogP contribution in [0.2, 0.25) is 0 Å². The van der Waals surface area contributed by atoms with Gasteiger partial charge in [0, 0.05) is 27.6 Å².